The Balaban J connectivity index is 1.09. The Kier molecular flexibility index (Phi) is 9.01. The van der Waals surface area contributed by atoms with Crippen LogP contribution in [0, 0.1) is 6.33 Å². The number of imidazole rings is 1. The number of hydrogen-bond donors (Lipinski definition) is 0. The van der Waals surface area contributed by atoms with E-state index in [1.54, 1.807) is 0 Å². The molecule has 14 aromatic rings. The number of pyridine rings is 1. The van der Waals surface area contributed by atoms with Crippen LogP contribution < -0.4 is 9.30 Å². The van der Waals surface area contributed by atoms with E-state index in [4.69, 9.17) is 9.72 Å². The van der Waals surface area contributed by atoms with Crippen molar-refractivity contribution >= 4 is 76.5 Å². The van der Waals surface area contributed by atoms with Gasteiger partial charge in [0.2, 0.25) is 0 Å². The highest BCUT2D eigenvalue weighted by Gasteiger charge is 2.30. The first-order valence-electron chi connectivity index (χ1n) is 24.2. The Morgan fingerprint density at radius 2 is 0.986 bits per heavy atom. The summed E-state index contributed by atoms with van der Waals surface area (Å²) in [5, 5.41) is 7.01. The van der Waals surface area contributed by atoms with Crippen molar-refractivity contribution in [3.8, 4) is 40.1 Å². The van der Waals surface area contributed by atoms with Crippen molar-refractivity contribution in [1.29, 1.82) is 0 Å². The van der Waals surface area contributed by atoms with Gasteiger partial charge in [-0.05, 0) is 102 Å². The number of benzene rings is 9. The smallest absolute Gasteiger partial charge is 0.269 e. The average molecular weight is 915 g/mol. The second-order valence-electron chi connectivity index (χ2n) is 19.4. The molecule has 9 aromatic carbocycles. The number of nitrogens with zero attached hydrogens (tertiary/aromatic N) is 6. The monoisotopic (exact) mass is 914 g/mol. The zero-order valence-electron chi connectivity index (χ0n) is 39.5. The normalized spacial score (nSPS) is 12.2. The van der Waals surface area contributed by atoms with Crippen LogP contribution in [0.1, 0.15) is 26.3 Å². The molecule has 0 saturated carbocycles. The van der Waals surface area contributed by atoms with E-state index in [0.717, 1.165) is 83.7 Å². The maximum Gasteiger partial charge on any atom is 0.269 e. The van der Waals surface area contributed by atoms with Gasteiger partial charge in [0.25, 0.3) is 6.33 Å². The third kappa shape index (κ3) is 6.29. The topological polar surface area (TPSA) is 45.7 Å². The van der Waals surface area contributed by atoms with Gasteiger partial charge in [0.05, 0.1) is 55.5 Å². The molecule has 0 bridgehead atoms. The molecular weight excluding hydrogens is 869 g/mol. The minimum Gasteiger partial charge on any atom is -0.458 e. The van der Waals surface area contributed by atoms with Crippen molar-refractivity contribution in [1.82, 2.24) is 23.3 Å². The second kappa shape index (κ2) is 15.7. The summed E-state index contributed by atoms with van der Waals surface area (Å²) < 4.78 is 18.6. The Labute approximate surface area is 409 Å². The Morgan fingerprint density at radius 3 is 1.68 bits per heavy atom. The van der Waals surface area contributed by atoms with Crippen LogP contribution in [0.4, 0.5) is 0 Å². The molecule has 0 aliphatic rings. The summed E-state index contributed by atoms with van der Waals surface area (Å²) in [5.74, 6) is 2.28. The summed E-state index contributed by atoms with van der Waals surface area (Å²) in [4.78, 5) is 5.26. The summed E-state index contributed by atoms with van der Waals surface area (Å²) in [6.45, 7) is 6.79. The van der Waals surface area contributed by atoms with E-state index in [1.807, 2.05) is 18.3 Å². The van der Waals surface area contributed by atoms with Crippen LogP contribution in [-0.2, 0) is 5.41 Å². The van der Waals surface area contributed by atoms with Gasteiger partial charge in [0, 0.05) is 56.0 Å². The maximum absolute atomic E-state index is 6.99. The Morgan fingerprint density at radius 1 is 0.437 bits per heavy atom. The van der Waals surface area contributed by atoms with Gasteiger partial charge in [-0.1, -0.05) is 142 Å². The molecule has 71 heavy (non-hydrogen) atoms. The van der Waals surface area contributed by atoms with E-state index < -0.39 is 0 Å². The van der Waals surface area contributed by atoms with Crippen LogP contribution in [0.5, 0.6) is 11.5 Å². The lowest BCUT2D eigenvalue weighted by Gasteiger charge is -2.20. The van der Waals surface area contributed by atoms with Gasteiger partial charge in [-0.2, -0.15) is 0 Å². The highest BCUT2D eigenvalue weighted by Crippen LogP contribution is 2.50. The van der Waals surface area contributed by atoms with Crippen molar-refractivity contribution in [2.75, 3.05) is 0 Å². The fraction of sp³-hybridized carbons (Fsp3) is 0.0625. The average Bonchev–Trinajstić information content (AvgIpc) is 4.17. The molecule has 5 heterocycles. The number of fused-ring (bicyclic) bond motifs is 13. The van der Waals surface area contributed by atoms with Crippen LogP contribution in [0.2, 0.25) is 0 Å². The molecule has 0 atom stereocenters. The first-order chi connectivity index (χ1) is 34.9. The molecule has 5 aromatic heterocycles. The summed E-state index contributed by atoms with van der Waals surface area (Å²) >= 11 is 0. The van der Waals surface area contributed by atoms with Gasteiger partial charge < -0.3 is 13.9 Å². The predicted octanol–water partition coefficient (Wildman–Crippen LogP) is 15.5. The van der Waals surface area contributed by atoms with Gasteiger partial charge in [0.1, 0.15) is 17.3 Å². The molecular formula is C64H46N6O. The van der Waals surface area contributed by atoms with Crippen LogP contribution in [0.25, 0.3) is 105 Å². The van der Waals surface area contributed by atoms with Crippen LogP contribution >= 0.6 is 0 Å². The van der Waals surface area contributed by atoms with Gasteiger partial charge in [-0.15, -0.1) is 0 Å². The highest BCUT2D eigenvalue weighted by atomic mass is 16.5. The van der Waals surface area contributed by atoms with E-state index >= 15 is 0 Å². The van der Waals surface area contributed by atoms with Gasteiger partial charge >= 0.3 is 0 Å². The van der Waals surface area contributed by atoms with Crippen LogP contribution in [0.3, 0.4) is 0 Å². The minimum atomic E-state index is -0.122. The third-order valence-corrected chi connectivity index (χ3v) is 14.2. The number of hydrogen-bond acceptors (Lipinski definition) is 2. The van der Waals surface area contributed by atoms with Gasteiger partial charge in [-0.3, -0.25) is 13.7 Å². The van der Waals surface area contributed by atoms with Gasteiger partial charge in [0.15, 0.2) is 0 Å². The Hall–Kier alpha value is -9.20. The molecule has 0 N–H and O–H groups in total. The minimum absolute atomic E-state index is 0.122. The van der Waals surface area contributed by atoms with Crippen molar-refractivity contribution in [2.45, 2.75) is 26.2 Å². The number of aromatic nitrogens is 6. The van der Waals surface area contributed by atoms with Crippen molar-refractivity contribution in [2.24, 2.45) is 0 Å². The molecule has 7 nitrogen and oxygen atoms in total. The lowest BCUT2D eigenvalue weighted by Crippen LogP contribution is -2.29. The van der Waals surface area contributed by atoms with Crippen molar-refractivity contribution in [3.05, 3.63) is 236 Å². The maximum atomic E-state index is 6.99. The lowest BCUT2D eigenvalue weighted by atomic mass is 9.88. The van der Waals surface area contributed by atoms with Gasteiger partial charge in [-0.25, -0.2) is 4.98 Å². The molecule has 338 valence electrons. The molecule has 0 fully saturated rings. The molecule has 14 rings (SSSR count). The van der Waals surface area contributed by atoms with E-state index in [9.17, 15) is 0 Å². The second-order valence-corrected chi connectivity index (χ2v) is 19.4. The Bertz CT molecular complexity index is 4400. The molecule has 0 aliphatic carbocycles. The predicted molar refractivity (Wildman–Crippen MR) is 290 cm³/mol. The zero-order valence-corrected chi connectivity index (χ0v) is 39.5. The van der Waals surface area contributed by atoms with Crippen molar-refractivity contribution in [3.63, 3.8) is 0 Å². The third-order valence-electron chi connectivity index (χ3n) is 14.2. The SMILES string of the molecule is CC(C)(C)c1ccnc(-n2c3cc(Oc4cccc(-[n+]5[c-]n(-c6ccccc6)c6ccccc65)c4)ccc3c3c4c5ccccc5n(-c5ccccc5)c4c4c5ccccc5n(-c5ccccc5)c4c32)c1. The number of ether oxygens (including phenoxy) is 1. The first-order valence-corrected chi connectivity index (χ1v) is 24.2. The highest BCUT2D eigenvalue weighted by molar-refractivity contribution is 6.40. The van der Waals surface area contributed by atoms with E-state index in [1.165, 1.54) is 32.6 Å². The molecule has 0 aliphatic heterocycles. The largest absolute Gasteiger partial charge is 0.458 e. The number of rotatable bonds is 7. The fourth-order valence-electron chi connectivity index (χ4n) is 11.0. The van der Waals surface area contributed by atoms with Crippen molar-refractivity contribution < 1.29 is 9.30 Å². The van der Waals surface area contributed by atoms with E-state index in [-0.39, 0.29) is 5.41 Å². The van der Waals surface area contributed by atoms with E-state index in [0.29, 0.717) is 5.75 Å². The molecule has 0 radical (unpaired) electrons. The zero-order chi connectivity index (χ0) is 47.4. The molecule has 7 heteroatoms. The summed E-state index contributed by atoms with van der Waals surface area (Å²) in [6, 6.07) is 77.4. The standard InChI is InChI=1S/C64H46N6O/c1-64(2,3)42-36-37-65-57(38-42)70-56-40-48(71-47-27-19-26-46(39-47)67-41-66(43-20-7-4-8-21-43)54-32-17-18-33-55(54)67)34-35-51(56)59-58-49-28-13-15-30-52(49)68(44-22-9-5-10-23-44)61(58)60-50-29-14-16-31-53(50)69(63(60)62(59)70)45-24-11-6-12-25-45/h4-40H,1-3H3. The molecule has 0 unspecified atom stereocenters. The van der Waals surface area contributed by atoms with Crippen LogP contribution in [-0.4, -0.2) is 23.3 Å². The summed E-state index contributed by atoms with van der Waals surface area (Å²) in [6.07, 6.45) is 5.60. The fourth-order valence-corrected chi connectivity index (χ4v) is 11.0. The molecule has 0 amide bonds. The quantitative estimate of drug-likeness (QED) is 0.118. The summed E-state index contributed by atoms with van der Waals surface area (Å²) in [7, 11) is 0. The molecule has 0 saturated heterocycles. The number of para-hydroxylation sites is 7. The van der Waals surface area contributed by atoms with Crippen LogP contribution in [0.15, 0.2) is 225 Å². The lowest BCUT2D eigenvalue weighted by molar-refractivity contribution is -0.572. The van der Waals surface area contributed by atoms with E-state index in [2.05, 4.69) is 256 Å². The first kappa shape index (κ1) is 40.8. The molecule has 0 spiro atoms. The summed E-state index contributed by atoms with van der Waals surface area (Å²) in [5.41, 5.74) is 14.0.